The second-order valence-corrected chi connectivity index (χ2v) is 8.37. The number of rotatable bonds is 5. The van der Waals surface area contributed by atoms with Crippen molar-refractivity contribution in [1.29, 1.82) is 0 Å². The van der Waals surface area contributed by atoms with Gasteiger partial charge in [-0.3, -0.25) is 0 Å². The van der Waals surface area contributed by atoms with Crippen LogP contribution in [0.2, 0.25) is 0 Å². The van der Waals surface area contributed by atoms with Gasteiger partial charge < -0.3 is 20.3 Å². The Labute approximate surface area is 178 Å². The minimum Gasteiger partial charge on any atom is -0.494 e. The molecule has 1 aromatic carbocycles. The SMILES string of the molecule is CCOc1ccc(Nc2c3c(nc4c(Br)cnn24)N([C@H]2CCCNC2)CC3)cc1. The van der Waals surface area contributed by atoms with Gasteiger partial charge >= 0.3 is 0 Å². The predicted octanol–water partition coefficient (Wildman–Crippen LogP) is 3.75. The molecule has 0 radical (unpaired) electrons. The van der Waals surface area contributed by atoms with Gasteiger partial charge in [0.05, 0.1) is 17.3 Å². The van der Waals surface area contributed by atoms with E-state index in [1.54, 1.807) is 0 Å². The van der Waals surface area contributed by atoms with Crippen LogP contribution in [0.1, 0.15) is 25.3 Å². The highest BCUT2D eigenvalue weighted by molar-refractivity contribution is 9.10. The van der Waals surface area contributed by atoms with Crippen LogP contribution in [0.4, 0.5) is 17.3 Å². The number of anilines is 3. The van der Waals surface area contributed by atoms with Gasteiger partial charge in [-0.1, -0.05) is 0 Å². The predicted molar refractivity (Wildman–Crippen MR) is 119 cm³/mol. The van der Waals surface area contributed by atoms with Gasteiger partial charge in [0.2, 0.25) is 0 Å². The van der Waals surface area contributed by atoms with Crippen LogP contribution in [0.3, 0.4) is 0 Å². The molecular formula is C21H25BrN6O. The lowest BCUT2D eigenvalue weighted by atomic mass is 10.1. The van der Waals surface area contributed by atoms with Crippen molar-refractivity contribution in [2.45, 2.75) is 32.2 Å². The van der Waals surface area contributed by atoms with Crippen molar-refractivity contribution in [3.8, 4) is 5.75 Å². The molecule has 0 spiro atoms. The van der Waals surface area contributed by atoms with E-state index in [0.29, 0.717) is 12.6 Å². The molecule has 2 aromatic heterocycles. The van der Waals surface area contributed by atoms with Crippen LogP contribution in [-0.4, -0.2) is 46.9 Å². The molecule has 0 saturated carbocycles. The molecule has 2 N–H and O–H groups in total. The van der Waals surface area contributed by atoms with E-state index < -0.39 is 0 Å². The highest BCUT2D eigenvalue weighted by atomic mass is 79.9. The van der Waals surface area contributed by atoms with Gasteiger partial charge in [-0.05, 0) is 72.9 Å². The molecule has 152 valence electrons. The summed E-state index contributed by atoms with van der Waals surface area (Å²) in [5.74, 6) is 2.95. The van der Waals surface area contributed by atoms with E-state index in [1.165, 1.54) is 18.4 Å². The second-order valence-electron chi connectivity index (χ2n) is 7.52. The van der Waals surface area contributed by atoms with Gasteiger partial charge in [0.15, 0.2) is 5.65 Å². The molecule has 0 aliphatic carbocycles. The van der Waals surface area contributed by atoms with Crippen molar-refractivity contribution in [2.24, 2.45) is 0 Å². The number of fused-ring (bicyclic) bond motifs is 2. The summed E-state index contributed by atoms with van der Waals surface area (Å²) in [6, 6.07) is 8.56. The number of ether oxygens (including phenoxy) is 1. The summed E-state index contributed by atoms with van der Waals surface area (Å²) in [7, 11) is 0. The summed E-state index contributed by atoms with van der Waals surface area (Å²) in [6.45, 7) is 5.79. The van der Waals surface area contributed by atoms with Gasteiger partial charge in [-0.15, -0.1) is 0 Å². The number of benzene rings is 1. The van der Waals surface area contributed by atoms with Crippen molar-refractivity contribution in [3.63, 3.8) is 0 Å². The maximum Gasteiger partial charge on any atom is 0.173 e. The quantitative estimate of drug-likeness (QED) is 0.609. The molecule has 2 aliphatic heterocycles. The number of nitrogens with one attached hydrogen (secondary N) is 2. The van der Waals surface area contributed by atoms with Gasteiger partial charge in [-0.2, -0.15) is 9.61 Å². The number of hydrogen-bond acceptors (Lipinski definition) is 6. The van der Waals surface area contributed by atoms with Crippen molar-refractivity contribution in [1.82, 2.24) is 19.9 Å². The zero-order chi connectivity index (χ0) is 19.8. The number of aromatic nitrogens is 3. The lowest BCUT2D eigenvalue weighted by Gasteiger charge is -2.33. The summed E-state index contributed by atoms with van der Waals surface area (Å²) in [6.07, 6.45) is 5.20. The molecule has 4 heterocycles. The van der Waals surface area contributed by atoms with Gasteiger partial charge in [0, 0.05) is 30.4 Å². The Hall–Kier alpha value is -2.32. The summed E-state index contributed by atoms with van der Waals surface area (Å²) in [4.78, 5) is 7.48. The number of halogens is 1. The number of hydrogen-bond donors (Lipinski definition) is 2. The molecule has 7 nitrogen and oxygen atoms in total. The van der Waals surface area contributed by atoms with Crippen LogP contribution in [0, 0.1) is 0 Å². The van der Waals surface area contributed by atoms with Crippen molar-refractivity contribution >= 4 is 38.9 Å². The molecule has 0 unspecified atom stereocenters. The molecule has 1 saturated heterocycles. The van der Waals surface area contributed by atoms with Gasteiger partial charge in [0.25, 0.3) is 0 Å². The third-order valence-corrected chi connectivity index (χ3v) is 6.25. The van der Waals surface area contributed by atoms with E-state index in [9.17, 15) is 0 Å². The van der Waals surface area contributed by atoms with E-state index >= 15 is 0 Å². The highest BCUT2D eigenvalue weighted by Gasteiger charge is 2.32. The molecule has 1 atom stereocenters. The van der Waals surface area contributed by atoms with Crippen LogP contribution in [0.5, 0.6) is 5.75 Å². The van der Waals surface area contributed by atoms with Crippen LogP contribution in [0.15, 0.2) is 34.9 Å². The van der Waals surface area contributed by atoms with Crippen LogP contribution in [-0.2, 0) is 6.42 Å². The largest absolute Gasteiger partial charge is 0.494 e. The van der Waals surface area contributed by atoms with E-state index in [1.807, 2.05) is 41.9 Å². The molecule has 8 heteroatoms. The molecule has 0 bridgehead atoms. The summed E-state index contributed by atoms with van der Waals surface area (Å²) >= 11 is 3.62. The normalized spacial score (nSPS) is 18.8. The third-order valence-electron chi connectivity index (χ3n) is 5.69. The Balaban J connectivity index is 1.54. The molecule has 0 amide bonds. The van der Waals surface area contributed by atoms with Crippen LogP contribution >= 0.6 is 15.9 Å². The van der Waals surface area contributed by atoms with Gasteiger partial charge in [-0.25, -0.2) is 4.98 Å². The summed E-state index contributed by atoms with van der Waals surface area (Å²) < 4.78 is 8.38. The highest BCUT2D eigenvalue weighted by Crippen LogP contribution is 2.37. The lowest BCUT2D eigenvalue weighted by molar-refractivity contribution is 0.340. The Morgan fingerprint density at radius 1 is 1.31 bits per heavy atom. The molecule has 29 heavy (non-hydrogen) atoms. The fourth-order valence-corrected chi connectivity index (χ4v) is 4.66. The monoisotopic (exact) mass is 456 g/mol. The van der Waals surface area contributed by atoms with E-state index in [2.05, 4.69) is 36.6 Å². The van der Waals surface area contributed by atoms with E-state index in [0.717, 1.165) is 59.2 Å². The Kier molecular flexibility index (Phi) is 5.05. The van der Waals surface area contributed by atoms with Crippen LogP contribution in [0.25, 0.3) is 5.65 Å². The minimum atomic E-state index is 0.500. The Morgan fingerprint density at radius 3 is 2.93 bits per heavy atom. The first-order valence-corrected chi connectivity index (χ1v) is 11.1. The molecule has 5 rings (SSSR count). The fraction of sp³-hybridized carbons (Fsp3) is 0.429. The van der Waals surface area contributed by atoms with Crippen molar-refractivity contribution < 1.29 is 4.74 Å². The average Bonchev–Trinajstić information content (AvgIpc) is 3.34. The standard InChI is InChI=1S/C21H25BrN6O/c1-2-29-16-7-5-14(6-8-16)25-20-17-9-11-27(15-4-3-10-23-12-15)19(17)26-21-18(22)13-24-28(20)21/h5-8,13,15,23,25H,2-4,9-12H2,1H3/t15-/m0/s1. The first kappa shape index (κ1) is 18.7. The maximum absolute atomic E-state index is 5.57. The molecular weight excluding hydrogens is 432 g/mol. The Morgan fingerprint density at radius 2 is 2.17 bits per heavy atom. The zero-order valence-corrected chi connectivity index (χ0v) is 18.1. The number of piperidine rings is 1. The topological polar surface area (TPSA) is 66.7 Å². The smallest absolute Gasteiger partial charge is 0.173 e. The van der Waals surface area contributed by atoms with Crippen molar-refractivity contribution in [2.75, 3.05) is 36.5 Å². The molecule has 1 fully saturated rings. The van der Waals surface area contributed by atoms with E-state index in [-0.39, 0.29) is 0 Å². The molecule has 2 aliphatic rings. The van der Waals surface area contributed by atoms with Crippen LogP contribution < -0.4 is 20.3 Å². The van der Waals surface area contributed by atoms with Crippen molar-refractivity contribution in [3.05, 3.63) is 40.5 Å². The molecule has 3 aromatic rings. The van der Waals surface area contributed by atoms with Gasteiger partial charge in [0.1, 0.15) is 17.4 Å². The summed E-state index contributed by atoms with van der Waals surface area (Å²) in [5, 5.41) is 11.7. The second kappa shape index (κ2) is 7.84. The van der Waals surface area contributed by atoms with E-state index in [4.69, 9.17) is 9.72 Å². The Bertz CT molecular complexity index is 1010. The zero-order valence-electron chi connectivity index (χ0n) is 16.5. The maximum atomic E-state index is 5.57. The minimum absolute atomic E-state index is 0.500. The average molecular weight is 457 g/mol. The first-order valence-electron chi connectivity index (χ1n) is 10.3. The first-order chi connectivity index (χ1) is 14.2. The third kappa shape index (κ3) is 3.44. The number of nitrogens with zero attached hydrogens (tertiary/aromatic N) is 4. The fourth-order valence-electron chi connectivity index (χ4n) is 4.32. The lowest BCUT2D eigenvalue weighted by Crippen LogP contribution is -2.45. The summed E-state index contributed by atoms with van der Waals surface area (Å²) in [5.41, 5.74) is 3.08.